The van der Waals surface area contributed by atoms with Gasteiger partial charge < -0.3 is 9.84 Å². The molecule has 0 aromatic heterocycles. The van der Waals surface area contributed by atoms with Crippen molar-refractivity contribution in [1.29, 1.82) is 0 Å². The highest BCUT2D eigenvalue weighted by Gasteiger charge is 2.36. The first-order chi connectivity index (χ1) is 7.41. The fourth-order valence-corrected chi connectivity index (χ4v) is 1.16. The van der Waals surface area contributed by atoms with Crippen molar-refractivity contribution in [2.45, 2.75) is 20.3 Å². The van der Waals surface area contributed by atoms with E-state index in [0.717, 1.165) is 0 Å². The van der Waals surface area contributed by atoms with Gasteiger partial charge in [-0.25, -0.2) is 4.79 Å². The molecule has 1 aliphatic heterocycles. The molecule has 1 unspecified atom stereocenters. The lowest BCUT2D eigenvalue weighted by atomic mass is 9.84. The molecule has 1 N–H and O–H groups in total. The van der Waals surface area contributed by atoms with Crippen LogP contribution in [-0.2, 0) is 14.3 Å². The fraction of sp³-hybridized carbons (Fsp3) is 0.600. The quantitative estimate of drug-likeness (QED) is 0.398. The largest absolute Gasteiger partial charge is 0.478 e. The van der Waals surface area contributed by atoms with Crippen LogP contribution in [0.3, 0.4) is 0 Å². The summed E-state index contributed by atoms with van der Waals surface area (Å²) in [4.78, 5) is 21.9. The summed E-state index contributed by atoms with van der Waals surface area (Å²) in [7, 11) is 0. The van der Waals surface area contributed by atoms with Gasteiger partial charge in [-0.3, -0.25) is 4.79 Å². The van der Waals surface area contributed by atoms with Crippen LogP contribution in [0.2, 0.25) is 0 Å². The second-order valence-corrected chi connectivity index (χ2v) is 7.87. The van der Waals surface area contributed by atoms with Crippen molar-refractivity contribution in [3.05, 3.63) is 11.6 Å². The maximum atomic E-state index is 11.3. The van der Waals surface area contributed by atoms with E-state index < -0.39 is 11.4 Å². The van der Waals surface area contributed by atoms with Crippen LogP contribution in [0, 0.1) is 5.41 Å². The maximum absolute atomic E-state index is 11.3. The zero-order valence-electron chi connectivity index (χ0n) is 9.13. The average Bonchev–Trinajstić information content (AvgIpc) is 2.23. The first-order valence-electron chi connectivity index (χ1n) is 4.65. The van der Waals surface area contributed by atoms with Crippen LogP contribution in [0.15, 0.2) is 11.6 Å². The van der Waals surface area contributed by atoms with E-state index in [9.17, 15) is 9.59 Å². The number of carbonyl (C=O) groups is 2. The highest BCUT2D eigenvalue weighted by Crippen LogP contribution is 2.30. The summed E-state index contributed by atoms with van der Waals surface area (Å²) >= 11 is 4.55. The maximum Gasteiger partial charge on any atom is 0.334 e. The van der Waals surface area contributed by atoms with Gasteiger partial charge in [0.25, 0.3) is 0 Å². The zero-order valence-corrected chi connectivity index (χ0v) is 13.4. The monoisotopic (exact) mass is 452 g/mol. The number of halogens is 2. The number of hydrogen-bond acceptors (Lipinski definition) is 3. The molecule has 4 nitrogen and oxygen atoms in total. The number of ether oxygens (including phenoxy) is 1. The molecule has 6 heteroatoms. The molecule has 0 saturated heterocycles. The van der Waals surface area contributed by atoms with Crippen LogP contribution in [0.25, 0.3) is 0 Å². The van der Waals surface area contributed by atoms with Gasteiger partial charge in [-0.15, -0.1) is 0 Å². The summed E-state index contributed by atoms with van der Waals surface area (Å²) < 4.78 is 5.96. The van der Waals surface area contributed by atoms with Gasteiger partial charge in [0.2, 0.25) is 0 Å². The molecule has 0 radical (unpaired) electrons. The molecule has 0 saturated carbocycles. The third-order valence-corrected chi connectivity index (χ3v) is 2.33. The number of aliphatic carboxylic acids is 1. The number of hydrogen-bond donors (Lipinski definition) is 1. The molecule has 16 heavy (non-hydrogen) atoms. The molecule has 1 rings (SSSR count). The molecule has 0 amide bonds. The Balaban J connectivity index is 0.000000673. The Kier molecular flexibility index (Phi) is 7.53. The predicted octanol–water partition coefficient (Wildman–Crippen LogP) is 2.78. The van der Waals surface area contributed by atoms with E-state index in [0.29, 0.717) is 6.42 Å². The predicted molar refractivity (Wildman–Crippen MR) is 78.0 cm³/mol. The van der Waals surface area contributed by atoms with Gasteiger partial charge in [0.05, 0.1) is 13.4 Å². The van der Waals surface area contributed by atoms with Gasteiger partial charge in [0.15, 0.2) is 0 Å². The topological polar surface area (TPSA) is 63.6 Å². The van der Waals surface area contributed by atoms with E-state index in [1.54, 1.807) is 6.92 Å². The number of alkyl halides is 2. The van der Waals surface area contributed by atoms with Gasteiger partial charge in [-0.2, -0.15) is 0 Å². The van der Waals surface area contributed by atoms with Gasteiger partial charge in [-0.1, -0.05) is 58.2 Å². The molecule has 0 aromatic rings. The van der Waals surface area contributed by atoms with Gasteiger partial charge >= 0.3 is 11.9 Å². The smallest absolute Gasteiger partial charge is 0.334 e. The number of carboxylic acids is 1. The van der Waals surface area contributed by atoms with E-state index in [4.69, 9.17) is 9.84 Å². The second kappa shape index (κ2) is 7.46. The van der Waals surface area contributed by atoms with Crippen LogP contribution >= 0.6 is 45.2 Å². The van der Waals surface area contributed by atoms with Crippen molar-refractivity contribution in [1.82, 2.24) is 0 Å². The number of carboxylic acid groups (broad SMARTS) is 1. The molecule has 0 fully saturated rings. The van der Waals surface area contributed by atoms with Crippen LogP contribution < -0.4 is 0 Å². The first kappa shape index (κ1) is 16.1. The Morgan fingerprint density at radius 2 is 2.12 bits per heavy atom. The van der Waals surface area contributed by atoms with Crippen molar-refractivity contribution < 1.29 is 19.4 Å². The summed E-state index contributed by atoms with van der Waals surface area (Å²) in [5, 5.41) is 8.69. The van der Waals surface area contributed by atoms with Crippen molar-refractivity contribution in [2.24, 2.45) is 5.41 Å². The molecule has 0 spiro atoms. The molecule has 0 aromatic carbocycles. The summed E-state index contributed by atoms with van der Waals surface area (Å²) in [6.07, 6.45) is 2.03. The fourth-order valence-electron chi connectivity index (χ4n) is 1.16. The Morgan fingerprint density at radius 1 is 1.62 bits per heavy atom. The molecule has 0 bridgehead atoms. The third kappa shape index (κ3) is 4.56. The van der Waals surface area contributed by atoms with Gasteiger partial charge in [-0.05, 0) is 13.3 Å². The lowest BCUT2D eigenvalue weighted by Crippen LogP contribution is -2.33. The zero-order chi connectivity index (χ0) is 12.8. The van der Waals surface area contributed by atoms with E-state index in [1.165, 1.54) is 8.51 Å². The second-order valence-electron chi connectivity index (χ2n) is 3.42. The summed E-state index contributed by atoms with van der Waals surface area (Å²) in [5.74, 6) is -1.37. The Labute approximate surface area is 122 Å². The highest BCUT2D eigenvalue weighted by atomic mass is 127. The molecule has 1 atom stereocenters. The molecule has 92 valence electrons. The van der Waals surface area contributed by atoms with Crippen LogP contribution in [0.5, 0.6) is 0 Å². The van der Waals surface area contributed by atoms with E-state index >= 15 is 0 Å². The van der Waals surface area contributed by atoms with E-state index in [1.807, 2.05) is 6.92 Å². The minimum Gasteiger partial charge on any atom is -0.478 e. The van der Waals surface area contributed by atoms with Crippen LogP contribution in [-0.4, -0.2) is 26.1 Å². The molecular weight excluding hydrogens is 438 g/mol. The van der Waals surface area contributed by atoms with E-state index in [-0.39, 0.29) is 18.1 Å². The molecule has 1 aliphatic rings. The summed E-state index contributed by atoms with van der Waals surface area (Å²) in [5.41, 5.74) is -0.615. The van der Waals surface area contributed by atoms with Crippen LogP contribution in [0.1, 0.15) is 20.3 Å². The summed E-state index contributed by atoms with van der Waals surface area (Å²) in [6.45, 7) is 3.38. The first-order valence-corrected chi connectivity index (χ1v) is 7.70. The van der Waals surface area contributed by atoms with Crippen molar-refractivity contribution in [2.75, 3.05) is 9.04 Å². The number of rotatable bonds is 2. The Bertz CT molecular complexity index is 301. The van der Waals surface area contributed by atoms with Crippen molar-refractivity contribution >= 4 is 57.1 Å². The van der Waals surface area contributed by atoms with Crippen molar-refractivity contribution in [3.63, 3.8) is 0 Å². The minimum absolute atomic E-state index is 0.121. The van der Waals surface area contributed by atoms with Gasteiger partial charge in [0, 0.05) is 0 Å². The number of carbonyl (C=O) groups excluding carboxylic acids is 1. The Morgan fingerprint density at radius 3 is 2.50 bits per heavy atom. The Hall–Kier alpha value is 0.140. The minimum atomic E-state index is -1.02. The standard InChI is InChI=1S/C9H12O4.CH2I2/c1-3-9(2)4-6(7(10)11)5-13-8(9)12;2-1-3/h4H,3,5H2,1-2H3,(H,10,11);1H2. The molecule has 1 heterocycles. The highest BCUT2D eigenvalue weighted by molar-refractivity contribution is 14.2. The SMILES string of the molecule is CCC1(C)C=C(C(=O)O)COC1=O.ICI. The average molecular weight is 452 g/mol. The number of esters is 1. The van der Waals surface area contributed by atoms with Crippen LogP contribution in [0.4, 0.5) is 0 Å². The lowest BCUT2D eigenvalue weighted by molar-refractivity contribution is -0.153. The van der Waals surface area contributed by atoms with E-state index in [2.05, 4.69) is 45.2 Å². The normalized spacial score (nSPS) is 23.8. The summed E-state index contributed by atoms with van der Waals surface area (Å²) in [6, 6.07) is 0. The molecular formula is C10H14I2O4. The molecule has 0 aliphatic carbocycles. The van der Waals surface area contributed by atoms with Gasteiger partial charge in [0.1, 0.15) is 6.61 Å². The third-order valence-electron chi connectivity index (χ3n) is 2.33. The van der Waals surface area contributed by atoms with Crippen molar-refractivity contribution in [3.8, 4) is 0 Å². The lowest BCUT2D eigenvalue weighted by Gasteiger charge is -2.27. The number of cyclic esters (lactones) is 1.